The van der Waals surface area contributed by atoms with Gasteiger partial charge in [-0.1, -0.05) is 39.5 Å². The highest BCUT2D eigenvalue weighted by molar-refractivity contribution is 6.76. The van der Waals surface area contributed by atoms with Gasteiger partial charge in [-0.15, -0.1) is 0 Å². The van der Waals surface area contributed by atoms with Crippen LogP contribution in [0.1, 0.15) is 47.5 Å². The van der Waals surface area contributed by atoms with Crippen molar-refractivity contribution in [1.29, 1.82) is 0 Å². The molecule has 0 aromatic heterocycles. The Kier molecular flexibility index (Phi) is 5.74. The van der Waals surface area contributed by atoms with Crippen molar-refractivity contribution in [3.63, 3.8) is 0 Å². The van der Waals surface area contributed by atoms with Crippen molar-refractivity contribution >= 4 is 8.07 Å². The Bertz CT molecular complexity index is 194. The lowest BCUT2D eigenvalue weighted by Crippen LogP contribution is -2.46. The standard InChI is InChI=1S/C14H33NSi/c1-9-14(10-2,12-16(6,7)8)11-15-13(3,4)5/h15H,9-12H2,1-8H3. The molecule has 1 nitrogen and oxygen atoms in total. The van der Waals surface area contributed by atoms with Crippen LogP contribution in [0.3, 0.4) is 0 Å². The van der Waals surface area contributed by atoms with E-state index in [-0.39, 0.29) is 5.54 Å². The first-order chi connectivity index (χ1) is 7.04. The summed E-state index contributed by atoms with van der Waals surface area (Å²) in [5, 5.41) is 3.71. The fourth-order valence-electron chi connectivity index (χ4n) is 2.39. The summed E-state index contributed by atoms with van der Waals surface area (Å²) in [7, 11) is -0.971. The lowest BCUT2D eigenvalue weighted by molar-refractivity contribution is 0.245. The van der Waals surface area contributed by atoms with Gasteiger partial charge in [-0.05, 0) is 39.0 Å². The lowest BCUT2D eigenvalue weighted by atomic mass is 9.83. The molecule has 0 radical (unpaired) electrons. The fraction of sp³-hybridized carbons (Fsp3) is 1.00. The highest BCUT2D eigenvalue weighted by Crippen LogP contribution is 2.35. The summed E-state index contributed by atoms with van der Waals surface area (Å²) in [6.07, 6.45) is 2.60. The summed E-state index contributed by atoms with van der Waals surface area (Å²) in [4.78, 5) is 0. The van der Waals surface area contributed by atoms with Crippen LogP contribution >= 0.6 is 0 Å². The highest BCUT2D eigenvalue weighted by Gasteiger charge is 2.32. The van der Waals surface area contributed by atoms with E-state index in [2.05, 4.69) is 59.6 Å². The number of hydrogen-bond acceptors (Lipinski definition) is 1. The Labute approximate surface area is 104 Å². The molecule has 0 aromatic rings. The van der Waals surface area contributed by atoms with Crippen molar-refractivity contribution in [2.75, 3.05) is 6.54 Å². The zero-order chi connectivity index (χ0) is 13.0. The largest absolute Gasteiger partial charge is 0.312 e. The van der Waals surface area contributed by atoms with Crippen LogP contribution in [0.2, 0.25) is 25.7 Å². The van der Waals surface area contributed by atoms with Crippen molar-refractivity contribution < 1.29 is 0 Å². The Morgan fingerprint density at radius 2 is 1.38 bits per heavy atom. The molecule has 0 unspecified atom stereocenters. The molecule has 0 bridgehead atoms. The van der Waals surface area contributed by atoms with E-state index in [9.17, 15) is 0 Å². The second-order valence-electron chi connectivity index (χ2n) is 7.55. The van der Waals surface area contributed by atoms with Crippen molar-refractivity contribution in [1.82, 2.24) is 5.32 Å². The summed E-state index contributed by atoms with van der Waals surface area (Å²) in [5.74, 6) is 0. The topological polar surface area (TPSA) is 12.0 Å². The first-order valence-electron chi connectivity index (χ1n) is 6.79. The van der Waals surface area contributed by atoms with E-state index in [1.807, 2.05) is 0 Å². The van der Waals surface area contributed by atoms with Gasteiger partial charge >= 0.3 is 0 Å². The molecule has 0 rings (SSSR count). The van der Waals surface area contributed by atoms with E-state index in [1.165, 1.54) is 25.4 Å². The van der Waals surface area contributed by atoms with Gasteiger partial charge < -0.3 is 5.32 Å². The molecule has 98 valence electrons. The molecular formula is C14H33NSi. The minimum Gasteiger partial charge on any atom is -0.312 e. The SMILES string of the molecule is CCC(CC)(CNC(C)(C)C)C[Si](C)(C)C. The fourth-order valence-corrected chi connectivity index (χ4v) is 5.27. The number of hydrogen-bond donors (Lipinski definition) is 1. The van der Waals surface area contributed by atoms with Gasteiger partial charge in [0.05, 0.1) is 0 Å². The highest BCUT2D eigenvalue weighted by atomic mass is 28.3. The predicted molar refractivity (Wildman–Crippen MR) is 78.9 cm³/mol. The quantitative estimate of drug-likeness (QED) is 0.676. The molecule has 0 fully saturated rings. The van der Waals surface area contributed by atoms with Crippen LogP contribution in [0.25, 0.3) is 0 Å². The average molecular weight is 244 g/mol. The van der Waals surface area contributed by atoms with Gasteiger partial charge in [0, 0.05) is 20.2 Å². The summed E-state index contributed by atoms with van der Waals surface area (Å²) in [5.41, 5.74) is 0.771. The van der Waals surface area contributed by atoms with Crippen LogP contribution in [-0.4, -0.2) is 20.2 Å². The lowest BCUT2D eigenvalue weighted by Gasteiger charge is -2.39. The Morgan fingerprint density at radius 3 is 1.62 bits per heavy atom. The Hall–Kier alpha value is 0.177. The summed E-state index contributed by atoms with van der Waals surface area (Å²) < 4.78 is 0. The van der Waals surface area contributed by atoms with E-state index in [1.54, 1.807) is 0 Å². The first kappa shape index (κ1) is 16.2. The summed E-state index contributed by atoms with van der Waals surface area (Å²) in [6, 6.07) is 1.44. The normalized spacial score (nSPS) is 14.2. The third kappa shape index (κ3) is 6.69. The molecule has 2 heteroatoms. The molecule has 1 N–H and O–H groups in total. The van der Waals surface area contributed by atoms with Crippen LogP contribution < -0.4 is 5.32 Å². The van der Waals surface area contributed by atoms with Crippen molar-refractivity contribution in [2.45, 2.75) is 78.7 Å². The van der Waals surface area contributed by atoms with Crippen molar-refractivity contribution in [3.05, 3.63) is 0 Å². The molecule has 0 saturated heterocycles. The van der Waals surface area contributed by atoms with Crippen LogP contribution in [-0.2, 0) is 0 Å². The van der Waals surface area contributed by atoms with Gasteiger partial charge in [0.25, 0.3) is 0 Å². The number of rotatable bonds is 6. The molecule has 0 aromatic carbocycles. The van der Waals surface area contributed by atoms with Crippen LogP contribution in [0.4, 0.5) is 0 Å². The molecule has 0 aliphatic rings. The zero-order valence-corrected chi connectivity index (χ0v) is 13.8. The van der Waals surface area contributed by atoms with E-state index in [0.717, 1.165) is 0 Å². The molecular weight excluding hydrogens is 210 g/mol. The summed E-state index contributed by atoms with van der Waals surface area (Å²) >= 11 is 0. The monoisotopic (exact) mass is 243 g/mol. The van der Waals surface area contributed by atoms with E-state index >= 15 is 0 Å². The number of nitrogens with one attached hydrogen (secondary N) is 1. The van der Waals surface area contributed by atoms with E-state index in [4.69, 9.17) is 0 Å². The van der Waals surface area contributed by atoms with Crippen LogP contribution in [0.5, 0.6) is 0 Å². The smallest absolute Gasteiger partial charge is 0.0448 e. The molecule has 16 heavy (non-hydrogen) atoms. The molecule has 0 atom stereocenters. The molecule has 0 saturated carbocycles. The Morgan fingerprint density at radius 1 is 0.938 bits per heavy atom. The third-order valence-corrected chi connectivity index (χ3v) is 5.21. The van der Waals surface area contributed by atoms with Crippen molar-refractivity contribution in [3.8, 4) is 0 Å². The minimum absolute atomic E-state index is 0.245. The first-order valence-corrected chi connectivity index (χ1v) is 10.5. The second-order valence-corrected chi connectivity index (χ2v) is 13.0. The molecule has 0 spiro atoms. The average Bonchev–Trinajstić information content (AvgIpc) is 2.09. The van der Waals surface area contributed by atoms with E-state index in [0.29, 0.717) is 5.41 Å². The van der Waals surface area contributed by atoms with Gasteiger partial charge in [-0.2, -0.15) is 0 Å². The van der Waals surface area contributed by atoms with Crippen molar-refractivity contribution in [2.24, 2.45) is 5.41 Å². The van der Waals surface area contributed by atoms with Gasteiger partial charge in [0.2, 0.25) is 0 Å². The summed E-state index contributed by atoms with van der Waals surface area (Å²) in [6.45, 7) is 20.1. The van der Waals surface area contributed by atoms with Crippen LogP contribution in [0.15, 0.2) is 0 Å². The van der Waals surface area contributed by atoms with Gasteiger partial charge in [0.15, 0.2) is 0 Å². The second kappa shape index (κ2) is 5.68. The maximum absolute atomic E-state index is 3.71. The molecule has 0 aliphatic carbocycles. The maximum atomic E-state index is 3.71. The zero-order valence-electron chi connectivity index (χ0n) is 12.8. The van der Waals surface area contributed by atoms with Gasteiger partial charge in [-0.25, -0.2) is 0 Å². The molecule has 0 aliphatic heterocycles. The van der Waals surface area contributed by atoms with E-state index < -0.39 is 8.07 Å². The third-order valence-electron chi connectivity index (χ3n) is 3.40. The van der Waals surface area contributed by atoms with Gasteiger partial charge in [0.1, 0.15) is 0 Å². The van der Waals surface area contributed by atoms with Crippen LogP contribution in [0, 0.1) is 5.41 Å². The Balaban J connectivity index is 4.57. The van der Waals surface area contributed by atoms with Gasteiger partial charge in [-0.3, -0.25) is 0 Å². The predicted octanol–water partition coefficient (Wildman–Crippen LogP) is 4.52. The molecule has 0 heterocycles. The maximum Gasteiger partial charge on any atom is 0.0448 e. The minimum atomic E-state index is -0.971. The molecule has 0 amide bonds.